The summed E-state index contributed by atoms with van der Waals surface area (Å²) in [4.78, 5) is 11.7. The van der Waals surface area contributed by atoms with E-state index in [0.29, 0.717) is 16.1 Å². The number of aryl methyl sites for hydroxylation is 2. The lowest BCUT2D eigenvalue weighted by Gasteiger charge is -2.13. The summed E-state index contributed by atoms with van der Waals surface area (Å²) in [5.74, 6) is 0. The predicted molar refractivity (Wildman–Crippen MR) is 116 cm³/mol. The number of carbonyl (C=O) groups is 1. The Kier molecular flexibility index (Phi) is 6.19. The Balaban J connectivity index is 2.03. The molecule has 0 saturated heterocycles. The number of carbonyl (C=O) groups excluding carboxylic acids is 1. The van der Waals surface area contributed by atoms with Crippen molar-refractivity contribution in [2.45, 2.75) is 32.6 Å². The molecule has 158 valence electrons. The zero-order valence-corrected chi connectivity index (χ0v) is 18.6. The molecular formula is C21H22ClN3O4S. The Labute approximate surface area is 180 Å². The highest BCUT2D eigenvalue weighted by atomic mass is 35.5. The Morgan fingerprint density at radius 3 is 2.37 bits per heavy atom. The molecule has 0 atom stereocenters. The van der Waals surface area contributed by atoms with Gasteiger partial charge in [-0.3, -0.25) is 0 Å². The Morgan fingerprint density at radius 2 is 1.80 bits per heavy atom. The van der Waals surface area contributed by atoms with Gasteiger partial charge in [0.25, 0.3) is 10.0 Å². The second-order valence-corrected chi connectivity index (χ2v) is 8.80. The van der Waals surface area contributed by atoms with Gasteiger partial charge < -0.3 is 4.74 Å². The molecule has 1 N–H and O–H groups in total. The number of hydrogen-bond donors (Lipinski definition) is 1. The number of nitrogens with zero attached hydrogens (tertiary/aromatic N) is 2. The van der Waals surface area contributed by atoms with Gasteiger partial charge in [-0.1, -0.05) is 41.4 Å². The lowest BCUT2D eigenvalue weighted by atomic mass is 10.0. The summed E-state index contributed by atoms with van der Waals surface area (Å²) in [6.45, 7) is 7.25. The summed E-state index contributed by atoms with van der Waals surface area (Å²) < 4.78 is 33.9. The number of benzene rings is 2. The van der Waals surface area contributed by atoms with E-state index in [2.05, 4.69) is 5.10 Å². The van der Waals surface area contributed by atoms with Crippen molar-refractivity contribution in [1.82, 2.24) is 14.5 Å². The fraction of sp³-hybridized carbons (Fsp3) is 0.238. The number of aromatic nitrogens is 2. The molecule has 1 amide bonds. The molecule has 30 heavy (non-hydrogen) atoms. The van der Waals surface area contributed by atoms with Crippen LogP contribution in [0, 0.1) is 20.8 Å². The van der Waals surface area contributed by atoms with Crippen LogP contribution in [0.1, 0.15) is 23.9 Å². The van der Waals surface area contributed by atoms with Crippen LogP contribution in [0.25, 0.3) is 16.8 Å². The third-order valence-corrected chi connectivity index (χ3v) is 6.46. The number of nitrogens with one attached hydrogen (secondary N) is 1. The number of ether oxygens (including phenoxy) is 1. The standard InChI is InChI=1S/C21H22ClN3O4S/c1-5-29-21(26)24-30(27,28)19-11-6-13(2)12-18(19)16-7-9-17(10-8-16)25-15(4)20(22)14(3)23-25/h6-12H,5H2,1-4H3,(H,24,26). The fourth-order valence-electron chi connectivity index (χ4n) is 3.09. The van der Waals surface area contributed by atoms with E-state index in [1.165, 1.54) is 6.07 Å². The molecule has 7 nitrogen and oxygen atoms in total. The van der Waals surface area contributed by atoms with E-state index < -0.39 is 16.1 Å². The molecule has 0 radical (unpaired) electrons. The monoisotopic (exact) mass is 447 g/mol. The molecule has 0 aliphatic heterocycles. The van der Waals surface area contributed by atoms with Crippen LogP contribution in [0.5, 0.6) is 0 Å². The molecule has 3 aromatic rings. The second kappa shape index (κ2) is 8.49. The first kappa shape index (κ1) is 21.9. The first-order valence-electron chi connectivity index (χ1n) is 9.26. The van der Waals surface area contributed by atoms with Crippen LogP contribution in [-0.2, 0) is 14.8 Å². The van der Waals surface area contributed by atoms with Gasteiger partial charge in [-0.25, -0.2) is 22.6 Å². The molecular weight excluding hydrogens is 426 g/mol. The van der Waals surface area contributed by atoms with Gasteiger partial charge in [-0.05, 0) is 51.5 Å². The highest BCUT2D eigenvalue weighted by molar-refractivity contribution is 7.90. The van der Waals surface area contributed by atoms with Gasteiger partial charge in [0.15, 0.2) is 0 Å². The van der Waals surface area contributed by atoms with Crippen molar-refractivity contribution >= 4 is 27.7 Å². The summed E-state index contributed by atoms with van der Waals surface area (Å²) in [5.41, 5.74) is 4.39. The average molecular weight is 448 g/mol. The van der Waals surface area contributed by atoms with Crippen molar-refractivity contribution in [3.63, 3.8) is 0 Å². The molecule has 0 aliphatic carbocycles. The molecule has 1 aromatic heterocycles. The van der Waals surface area contributed by atoms with E-state index in [-0.39, 0.29) is 11.5 Å². The van der Waals surface area contributed by atoms with E-state index in [1.54, 1.807) is 35.9 Å². The maximum atomic E-state index is 12.8. The highest BCUT2D eigenvalue weighted by Crippen LogP contribution is 2.30. The minimum atomic E-state index is -4.11. The van der Waals surface area contributed by atoms with Gasteiger partial charge in [0.2, 0.25) is 0 Å². The van der Waals surface area contributed by atoms with E-state index in [0.717, 1.165) is 22.6 Å². The molecule has 1 heterocycles. The van der Waals surface area contributed by atoms with Crippen molar-refractivity contribution < 1.29 is 17.9 Å². The lowest BCUT2D eigenvalue weighted by molar-refractivity contribution is 0.158. The van der Waals surface area contributed by atoms with Crippen LogP contribution in [0.2, 0.25) is 5.02 Å². The molecule has 0 saturated carbocycles. The van der Waals surface area contributed by atoms with Crippen LogP contribution in [0.3, 0.4) is 0 Å². The maximum absolute atomic E-state index is 12.8. The van der Waals surface area contributed by atoms with Crippen molar-refractivity contribution in [2.75, 3.05) is 6.61 Å². The average Bonchev–Trinajstić information content (AvgIpc) is 2.95. The third kappa shape index (κ3) is 4.34. The van der Waals surface area contributed by atoms with E-state index in [4.69, 9.17) is 16.3 Å². The normalized spacial score (nSPS) is 11.4. The van der Waals surface area contributed by atoms with E-state index in [9.17, 15) is 13.2 Å². The molecule has 3 rings (SSSR count). The van der Waals surface area contributed by atoms with Crippen LogP contribution < -0.4 is 4.72 Å². The molecule has 0 fully saturated rings. The van der Waals surface area contributed by atoms with Crippen molar-refractivity contribution in [1.29, 1.82) is 0 Å². The third-order valence-electron chi connectivity index (χ3n) is 4.54. The summed E-state index contributed by atoms with van der Waals surface area (Å²) in [6.07, 6.45) is -1.01. The first-order valence-corrected chi connectivity index (χ1v) is 11.1. The zero-order chi connectivity index (χ0) is 22.1. The number of sulfonamides is 1. The van der Waals surface area contributed by atoms with E-state index >= 15 is 0 Å². The molecule has 0 unspecified atom stereocenters. The second-order valence-electron chi connectivity index (χ2n) is 6.77. The molecule has 0 aliphatic rings. The lowest BCUT2D eigenvalue weighted by Crippen LogP contribution is -2.31. The number of halogens is 1. The molecule has 2 aromatic carbocycles. The fourth-order valence-corrected chi connectivity index (χ4v) is 4.31. The predicted octanol–water partition coefficient (Wildman–Crippen LogP) is 4.55. The first-order chi connectivity index (χ1) is 14.1. The van der Waals surface area contributed by atoms with Gasteiger partial charge >= 0.3 is 6.09 Å². The minimum absolute atomic E-state index is 0.0111. The highest BCUT2D eigenvalue weighted by Gasteiger charge is 2.23. The minimum Gasteiger partial charge on any atom is -0.449 e. The maximum Gasteiger partial charge on any atom is 0.421 e. The van der Waals surface area contributed by atoms with Crippen LogP contribution in [0.15, 0.2) is 47.4 Å². The zero-order valence-electron chi connectivity index (χ0n) is 17.1. The van der Waals surface area contributed by atoms with Crippen molar-refractivity contribution in [3.05, 3.63) is 64.4 Å². The Bertz CT molecular complexity index is 1200. The largest absolute Gasteiger partial charge is 0.449 e. The summed E-state index contributed by atoms with van der Waals surface area (Å²) in [6, 6.07) is 12.2. The number of amides is 1. The van der Waals surface area contributed by atoms with Crippen molar-refractivity contribution in [2.24, 2.45) is 0 Å². The topological polar surface area (TPSA) is 90.3 Å². The van der Waals surface area contributed by atoms with Gasteiger partial charge in [0.1, 0.15) is 0 Å². The number of hydrogen-bond acceptors (Lipinski definition) is 5. The van der Waals surface area contributed by atoms with E-state index in [1.807, 2.05) is 37.6 Å². The summed E-state index contributed by atoms with van der Waals surface area (Å²) >= 11 is 6.23. The smallest absolute Gasteiger partial charge is 0.421 e. The van der Waals surface area contributed by atoms with Gasteiger partial charge in [0, 0.05) is 5.56 Å². The van der Waals surface area contributed by atoms with Gasteiger partial charge in [0.05, 0.1) is 33.6 Å². The SMILES string of the molecule is CCOC(=O)NS(=O)(=O)c1ccc(C)cc1-c1ccc(-n2nc(C)c(Cl)c2C)cc1. The summed E-state index contributed by atoms with van der Waals surface area (Å²) in [5, 5.41) is 5.04. The quantitative estimate of drug-likeness (QED) is 0.619. The van der Waals surface area contributed by atoms with Gasteiger partial charge in [-0.2, -0.15) is 5.10 Å². The molecule has 0 spiro atoms. The summed E-state index contributed by atoms with van der Waals surface area (Å²) in [7, 11) is -4.11. The van der Waals surface area contributed by atoms with Gasteiger partial charge in [-0.15, -0.1) is 0 Å². The van der Waals surface area contributed by atoms with Crippen molar-refractivity contribution in [3.8, 4) is 16.8 Å². The Morgan fingerprint density at radius 1 is 1.13 bits per heavy atom. The number of rotatable bonds is 5. The molecule has 0 bridgehead atoms. The van der Waals surface area contributed by atoms with Crippen LogP contribution >= 0.6 is 11.6 Å². The van der Waals surface area contributed by atoms with Crippen LogP contribution in [-0.4, -0.2) is 30.9 Å². The van der Waals surface area contributed by atoms with Crippen LogP contribution in [0.4, 0.5) is 4.79 Å². The Hall–Kier alpha value is -2.84. The molecule has 9 heteroatoms.